The summed E-state index contributed by atoms with van der Waals surface area (Å²) in [6.45, 7) is 14.6. The Balaban J connectivity index is 2.46. The molecule has 2 unspecified atom stereocenters. The number of carboxylic acids is 1. The first-order valence-corrected chi connectivity index (χ1v) is 17.8. The maximum atomic E-state index is 12.9. The summed E-state index contributed by atoms with van der Waals surface area (Å²) in [5.74, 6) is -0.862. The Morgan fingerprint density at radius 3 is 2.40 bits per heavy atom. The molecule has 234 valence electrons. The maximum absolute atomic E-state index is 12.9. The molecule has 1 heterocycles. The molecule has 0 fully saturated rings. The van der Waals surface area contributed by atoms with E-state index in [0.717, 1.165) is 6.04 Å². The molecule has 2 atom stereocenters. The zero-order valence-corrected chi connectivity index (χ0v) is 27.1. The third kappa shape index (κ3) is 11.7. The van der Waals surface area contributed by atoms with Crippen LogP contribution in [0.15, 0.2) is 24.4 Å². The normalized spacial score (nSPS) is 13.2. The number of ether oxygens (including phenoxy) is 3. The quantitative estimate of drug-likeness (QED) is 0.113. The number of imidazole rings is 1. The number of alkyl carbamates (subject to hydrolysis) is 1. The molecule has 1 aromatic carbocycles. The summed E-state index contributed by atoms with van der Waals surface area (Å²) in [6.07, 6.45) is 1.99. The average molecular weight is 606 g/mol. The number of methoxy groups -OCH3 is 1. The van der Waals surface area contributed by atoms with Gasteiger partial charge < -0.3 is 34.9 Å². The Kier molecular flexibility index (Phi) is 12.4. The van der Waals surface area contributed by atoms with Crippen molar-refractivity contribution in [3.8, 4) is 11.3 Å². The van der Waals surface area contributed by atoms with E-state index in [1.165, 1.54) is 7.11 Å². The number of amides is 2. The number of aromatic nitrogens is 2. The molecule has 0 radical (unpaired) electrons. The van der Waals surface area contributed by atoms with Crippen molar-refractivity contribution in [2.75, 3.05) is 24.8 Å². The Morgan fingerprint density at radius 2 is 1.83 bits per heavy atom. The van der Waals surface area contributed by atoms with Gasteiger partial charge in [-0.25, -0.2) is 14.6 Å². The fraction of sp³-hybridized carbons (Fsp3) is 0.586. The molecule has 1 aromatic heterocycles. The number of aliphatic carboxylic acids is 1. The van der Waals surface area contributed by atoms with Gasteiger partial charge in [-0.2, -0.15) is 0 Å². The first kappa shape index (κ1) is 34.6. The third-order valence-electron chi connectivity index (χ3n) is 6.35. The fourth-order valence-corrected chi connectivity index (χ4v) is 4.75. The first-order valence-electron chi connectivity index (χ1n) is 14.1. The van der Waals surface area contributed by atoms with Crippen molar-refractivity contribution in [1.29, 1.82) is 0 Å². The van der Waals surface area contributed by atoms with E-state index < -0.39 is 43.8 Å². The number of nitrogens with zero attached hydrogens (tertiary/aromatic N) is 2. The number of hydrogen-bond donors (Lipinski definition) is 4. The smallest absolute Gasteiger partial charge is 0.411 e. The highest BCUT2D eigenvalue weighted by atomic mass is 28.3. The minimum atomic E-state index is -1.31. The lowest BCUT2D eigenvalue weighted by atomic mass is 10.0. The van der Waals surface area contributed by atoms with Gasteiger partial charge in [-0.05, 0) is 57.9 Å². The van der Waals surface area contributed by atoms with Crippen LogP contribution in [0.25, 0.3) is 11.3 Å². The molecule has 12 nitrogen and oxygen atoms in total. The highest BCUT2D eigenvalue weighted by molar-refractivity contribution is 6.76. The van der Waals surface area contributed by atoms with Crippen molar-refractivity contribution in [2.45, 2.75) is 91.0 Å². The number of benzene rings is 1. The van der Waals surface area contributed by atoms with E-state index in [-0.39, 0.29) is 6.73 Å². The molecule has 2 rings (SSSR count). The lowest BCUT2D eigenvalue weighted by Gasteiger charge is -2.24. The van der Waals surface area contributed by atoms with E-state index in [1.807, 2.05) is 10.8 Å². The molecule has 0 saturated heterocycles. The average Bonchev–Trinajstić information content (AvgIpc) is 3.27. The van der Waals surface area contributed by atoms with Crippen LogP contribution in [0, 0.1) is 5.92 Å². The standard InChI is InChI=1S/C29H47N5O7Si/c1-19(26(35)36)10-9-11-23(33-28(38)41-29(2,3)4)25-32-24(17-34(25)18-40-14-15-42(6,7)8)21-13-12-20(16-22(21)30)31-27(37)39-5/h12-13,16-17,19,23H,9-11,14-15,18,30H2,1-8H3,(H,31,37)(H,33,38)(H,35,36). The van der Waals surface area contributed by atoms with E-state index in [9.17, 15) is 19.5 Å². The molecule has 5 N–H and O–H groups in total. The summed E-state index contributed by atoms with van der Waals surface area (Å²) in [5.41, 5.74) is 7.67. The van der Waals surface area contributed by atoms with Gasteiger partial charge in [-0.1, -0.05) is 33.0 Å². The van der Waals surface area contributed by atoms with Crippen LogP contribution in [-0.2, 0) is 25.7 Å². The highest BCUT2D eigenvalue weighted by Crippen LogP contribution is 2.31. The second kappa shape index (κ2) is 15.1. The second-order valence-electron chi connectivity index (χ2n) is 12.6. The van der Waals surface area contributed by atoms with Crippen LogP contribution < -0.4 is 16.4 Å². The summed E-state index contributed by atoms with van der Waals surface area (Å²) in [6, 6.07) is 5.44. The van der Waals surface area contributed by atoms with Crippen LogP contribution in [-0.4, -0.2) is 60.2 Å². The number of carboxylic acid groups (broad SMARTS) is 1. The minimum Gasteiger partial charge on any atom is -0.481 e. The lowest BCUT2D eigenvalue weighted by molar-refractivity contribution is -0.141. The largest absolute Gasteiger partial charge is 0.481 e. The predicted octanol–water partition coefficient (Wildman–Crippen LogP) is 6.08. The molecule has 2 amide bonds. The molecule has 42 heavy (non-hydrogen) atoms. The van der Waals surface area contributed by atoms with E-state index in [0.29, 0.717) is 54.3 Å². The van der Waals surface area contributed by atoms with Gasteiger partial charge in [-0.15, -0.1) is 0 Å². The Morgan fingerprint density at radius 1 is 1.14 bits per heavy atom. The molecular weight excluding hydrogens is 558 g/mol. The van der Waals surface area contributed by atoms with Gasteiger partial charge in [0.25, 0.3) is 0 Å². The fourth-order valence-electron chi connectivity index (χ4n) is 3.99. The predicted molar refractivity (Wildman–Crippen MR) is 165 cm³/mol. The third-order valence-corrected chi connectivity index (χ3v) is 8.05. The second-order valence-corrected chi connectivity index (χ2v) is 18.2. The van der Waals surface area contributed by atoms with Crippen molar-refractivity contribution >= 4 is 37.6 Å². The maximum Gasteiger partial charge on any atom is 0.411 e. The van der Waals surface area contributed by atoms with Gasteiger partial charge in [0, 0.05) is 37.8 Å². The molecule has 2 aromatic rings. The zero-order valence-electron chi connectivity index (χ0n) is 26.1. The van der Waals surface area contributed by atoms with Crippen molar-refractivity contribution in [2.24, 2.45) is 5.92 Å². The summed E-state index contributed by atoms with van der Waals surface area (Å²) >= 11 is 0. The highest BCUT2D eigenvalue weighted by Gasteiger charge is 2.26. The molecule has 0 aliphatic rings. The molecule has 0 saturated carbocycles. The van der Waals surface area contributed by atoms with Crippen molar-refractivity contribution < 1.29 is 33.7 Å². The molecule has 0 aliphatic carbocycles. The summed E-state index contributed by atoms with van der Waals surface area (Å²) in [7, 11) is -0.0401. The molecule has 13 heteroatoms. The molecule has 0 aliphatic heterocycles. The number of nitrogens with two attached hydrogens (primary N) is 1. The van der Waals surface area contributed by atoms with Crippen LogP contribution in [0.5, 0.6) is 0 Å². The van der Waals surface area contributed by atoms with Crippen LogP contribution in [0.3, 0.4) is 0 Å². The van der Waals surface area contributed by atoms with Gasteiger partial charge >= 0.3 is 18.2 Å². The van der Waals surface area contributed by atoms with E-state index in [1.54, 1.807) is 45.9 Å². The van der Waals surface area contributed by atoms with E-state index in [2.05, 4.69) is 35.0 Å². The van der Waals surface area contributed by atoms with Crippen LogP contribution in [0.2, 0.25) is 25.7 Å². The molecule has 0 bridgehead atoms. The lowest BCUT2D eigenvalue weighted by Crippen LogP contribution is -2.36. The molecular formula is C29H47N5O7Si. The number of rotatable bonds is 14. The Labute approximate surface area is 249 Å². The Bertz CT molecular complexity index is 1220. The van der Waals surface area contributed by atoms with Gasteiger partial charge in [0.15, 0.2) is 0 Å². The summed E-state index contributed by atoms with van der Waals surface area (Å²) in [5, 5.41) is 14.9. The van der Waals surface area contributed by atoms with Crippen LogP contribution in [0.1, 0.15) is 58.8 Å². The van der Waals surface area contributed by atoms with Gasteiger partial charge in [0.1, 0.15) is 18.2 Å². The van der Waals surface area contributed by atoms with Crippen LogP contribution in [0.4, 0.5) is 21.0 Å². The van der Waals surface area contributed by atoms with Gasteiger partial charge in [0.05, 0.1) is 24.8 Å². The topological polar surface area (TPSA) is 167 Å². The minimum absolute atomic E-state index is 0.201. The Hall–Kier alpha value is -3.58. The van der Waals surface area contributed by atoms with Gasteiger partial charge in [-0.3, -0.25) is 10.1 Å². The van der Waals surface area contributed by atoms with Gasteiger partial charge in [0.2, 0.25) is 0 Å². The van der Waals surface area contributed by atoms with Crippen LogP contribution >= 0.6 is 0 Å². The van der Waals surface area contributed by atoms with Crippen molar-refractivity contribution in [3.05, 3.63) is 30.2 Å². The molecule has 0 spiro atoms. The van der Waals surface area contributed by atoms with E-state index >= 15 is 0 Å². The number of hydrogen-bond acceptors (Lipinski definition) is 8. The van der Waals surface area contributed by atoms with E-state index in [4.69, 9.17) is 20.2 Å². The van der Waals surface area contributed by atoms with Crippen molar-refractivity contribution in [3.63, 3.8) is 0 Å². The zero-order chi connectivity index (χ0) is 31.7. The summed E-state index contributed by atoms with van der Waals surface area (Å²) < 4.78 is 18.1. The SMILES string of the molecule is COC(=O)Nc1ccc(-c2cn(COCC[Si](C)(C)C)c(C(CCCC(C)C(=O)O)NC(=O)OC(C)(C)C)n2)c(N)c1. The number of nitrogen functional groups attached to an aromatic ring is 1. The summed E-state index contributed by atoms with van der Waals surface area (Å²) in [4.78, 5) is 40.7. The number of nitrogens with one attached hydrogen (secondary N) is 2. The number of carbonyl (C=O) groups excluding carboxylic acids is 2. The monoisotopic (exact) mass is 605 g/mol. The first-order chi connectivity index (χ1) is 19.5. The van der Waals surface area contributed by atoms with Crippen molar-refractivity contribution in [1.82, 2.24) is 14.9 Å². The number of carbonyl (C=O) groups is 3. The number of anilines is 2.